The van der Waals surface area contributed by atoms with Gasteiger partial charge in [-0.15, -0.1) is 0 Å². The van der Waals surface area contributed by atoms with Crippen LogP contribution in [0.15, 0.2) is 54.7 Å². The van der Waals surface area contributed by atoms with Crippen LogP contribution in [0.3, 0.4) is 0 Å². The lowest BCUT2D eigenvalue weighted by Gasteiger charge is -2.16. The van der Waals surface area contributed by atoms with Crippen molar-refractivity contribution in [2.45, 2.75) is 32.4 Å². The van der Waals surface area contributed by atoms with E-state index in [0.717, 1.165) is 18.2 Å². The van der Waals surface area contributed by atoms with Crippen molar-refractivity contribution in [1.82, 2.24) is 9.97 Å². The van der Waals surface area contributed by atoms with Crippen LogP contribution in [0.25, 0.3) is 0 Å². The van der Waals surface area contributed by atoms with Crippen molar-refractivity contribution in [1.29, 1.82) is 0 Å². The lowest BCUT2D eigenvalue weighted by Crippen LogP contribution is -2.12. The molecule has 0 radical (unpaired) electrons. The largest absolute Gasteiger partial charge is 0.421 e. The van der Waals surface area contributed by atoms with Crippen molar-refractivity contribution >= 4 is 34.7 Å². The van der Waals surface area contributed by atoms with E-state index in [1.807, 2.05) is 18.2 Å². The van der Waals surface area contributed by atoms with Crippen molar-refractivity contribution in [2.75, 3.05) is 10.6 Å². The highest BCUT2D eigenvalue weighted by Crippen LogP contribution is 2.35. The molecule has 0 spiro atoms. The zero-order chi connectivity index (χ0) is 21.0. The van der Waals surface area contributed by atoms with Gasteiger partial charge < -0.3 is 10.6 Å². The summed E-state index contributed by atoms with van der Waals surface area (Å²) in [6, 6.07) is 14.0. The molecular formula is C21H20ClF3N4. The number of rotatable bonds is 6. The van der Waals surface area contributed by atoms with Crippen LogP contribution in [0.5, 0.6) is 0 Å². The molecule has 29 heavy (non-hydrogen) atoms. The van der Waals surface area contributed by atoms with Crippen LogP contribution in [0.4, 0.5) is 36.3 Å². The molecule has 0 saturated heterocycles. The number of hydrogen-bond acceptors (Lipinski definition) is 4. The maximum Gasteiger partial charge on any atom is 0.421 e. The fourth-order valence-electron chi connectivity index (χ4n) is 2.70. The third kappa shape index (κ3) is 5.38. The molecule has 1 aromatic heterocycles. The molecule has 3 aromatic rings. The maximum absolute atomic E-state index is 13.5. The number of alkyl halides is 3. The van der Waals surface area contributed by atoms with Gasteiger partial charge in [-0.25, -0.2) is 4.98 Å². The van der Waals surface area contributed by atoms with Gasteiger partial charge >= 0.3 is 6.18 Å². The molecule has 1 heterocycles. The lowest BCUT2D eigenvalue weighted by molar-refractivity contribution is -0.137. The van der Waals surface area contributed by atoms with Gasteiger partial charge in [0.05, 0.1) is 0 Å². The van der Waals surface area contributed by atoms with Crippen molar-refractivity contribution in [3.63, 3.8) is 0 Å². The Morgan fingerprint density at radius 3 is 2.41 bits per heavy atom. The Balaban J connectivity index is 1.93. The minimum absolute atomic E-state index is 0.0425. The average molecular weight is 421 g/mol. The van der Waals surface area contributed by atoms with Gasteiger partial charge in [0, 0.05) is 22.6 Å². The predicted molar refractivity (Wildman–Crippen MR) is 110 cm³/mol. The predicted octanol–water partition coefficient (Wildman–Crippen LogP) is 7.15. The molecule has 0 aliphatic carbocycles. The third-order valence-electron chi connectivity index (χ3n) is 4.53. The molecule has 152 valence electrons. The second-order valence-corrected chi connectivity index (χ2v) is 7.08. The van der Waals surface area contributed by atoms with E-state index in [2.05, 4.69) is 34.4 Å². The first kappa shape index (κ1) is 20.9. The molecule has 0 bridgehead atoms. The Bertz CT molecular complexity index is 974. The minimum Gasteiger partial charge on any atom is -0.340 e. The van der Waals surface area contributed by atoms with Crippen LogP contribution < -0.4 is 10.6 Å². The van der Waals surface area contributed by atoms with Crippen molar-refractivity contribution < 1.29 is 13.2 Å². The van der Waals surface area contributed by atoms with Gasteiger partial charge in [-0.1, -0.05) is 37.6 Å². The third-order valence-corrected chi connectivity index (χ3v) is 4.78. The number of anilines is 4. The first-order valence-corrected chi connectivity index (χ1v) is 9.48. The first-order chi connectivity index (χ1) is 13.8. The van der Waals surface area contributed by atoms with E-state index in [1.54, 1.807) is 30.3 Å². The summed E-state index contributed by atoms with van der Waals surface area (Å²) in [5.74, 6) is 0.0255. The molecule has 4 nitrogen and oxygen atoms in total. The Morgan fingerprint density at radius 2 is 1.76 bits per heavy atom. The van der Waals surface area contributed by atoms with Crippen LogP contribution in [0, 0.1) is 0 Å². The number of nitrogens with one attached hydrogen (secondary N) is 2. The van der Waals surface area contributed by atoms with E-state index < -0.39 is 11.7 Å². The molecule has 0 fully saturated rings. The molecule has 8 heteroatoms. The van der Waals surface area contributed by atoms with Gasteiger partial charge in [0.1, 0.15) is 11.4 Å². The van der Waals surface area contributed by atoms with E-state index in [1.165, 1.54) is 0 Å². The summed E-state index contributed by atoms with van der Waals surface area (Å²) in [7, 11) is 0. The summed E-state index contributed by atoms with van der Waals surface area (Å²) in [5.41, 5.74) is 1.25. The Kier molecular flexibility index (Phi) is 6.27. The average Bonchev–Trinajstić information content (AvgIpc) is 2.68. The fraction of sp³-hybridized carbons (Fsp3) is 0.238. The normalized spacial score (nSPS) is 12.5. The molecule has 3 rings (SSSR count). The summed E-state index contributed by atoms with van der Waals surface area (Å²) in [5, 5.41) is 6.24. The highest BCUT2D eigenvalue weighted by Gasteiger charge is 2.35. The SMILES string of the molecule is CCC(C)c1cccc(Nc2nc(Nc3ccc(Cl)cc3)ncc2C(F)(F)F)c1. The lowest BCUT2D eigenvalue weighted by atomic mass is 9.98. The fourth-order valence-corrected chi connectivity index (χ4v) is 2.83. The summed E-state index contributed by atoms with van der Waals surface area (Å²) >= 11 is 5.85. The quantitative estimate of drug-likeness (QED) is 0.444. The molecule has 0 amide bonds. The van der Waals surface area contributed by atoms with Crippen molar-refractivity contribution in [3.05, 3.63) is 70.9 Å². The molecule has 2 aromatic carbocycles. The van der Waals surface area contributed by atoms with E-state index >= 15 is 0 Å². The van der Waals surface area contributed by atoms with Crippen LogP contribution in [0.1, 0.15) is 37.3 Å². The Morgan fingerprint density at radius 1 is 1.03 bits per heavy atom. The number of halogens is 4. The monoisotopic (exact) mass is 420 g/mol. The van der Waals surface area contributed by atoms with Gasteiger partial charge in [0.25, 0.3) is 0 Å². The zero-order valence-corrected chi connectivity index (χ0v) is 16.6. The second-order valence-electron chi connectivity index (χ2n) is 6.65. The van der Waals surface area contributed by atoms with Gasteiger partial charge in [-0.05, 0) is 54.3 Å². The van der Waals surface area contributed by atoms with Crippen LogP contribution >= 0.6 is 11.6 Å². The first-order valence-electron chi connectivity index (χ1n) is 9.10. The number of aromatic nitrogens is 2. The summed E-state index contributed by atoms with van der Waals surface area (Å²) in [4.78, 5) is 7.87. The summed E-state index contributed by atoms with van der Waals surface area (Å²) in [6.07, 6.45) is -2.89. The number of hydrogen-bond donors (Lipinski definition) is 2. The second kappa shape index (κ2) is 8.69. The van der Waals surface area contributed by atoms with Crippen LogP contribution in [-0.2, 0) is 6.18 Å². The maximum atomic E-state index is 13.5. The standard InChI is InChI=1S/C21H20ClF3N4/c1-3-13(2)14-5-4-6-17(11-14)27-19-18(21(23,24)25)12-26-20(29-19)28-16-9-7-15(22)8-10-16/h4-13H,3H2,1-2H3,(H2,26,27,28,29). The van der Waals surface area contributed by atoms with Crippen LogP contribution in [-0.4, -0.2) is 9.97 Å². The summed E-state index contributed by atoms with van der Waals surface area (Å²) < 4.78 is 40.4. The summed E-state index contributed by atoms with van der Waals surface area (Å²) in [6.45, 7) is 4.13. The smallest absolute Gasteiger partial charge is 0.340 e. The Labute approximate surface area is 172 Å². The van der Waals surface area contributed by atoms with Gasteiger partial charge in [-0.3, -0.25) is 0 Å². The molecule has 1 atom stereocenters. The van der Waals surface area contributed by atoms with Crippen molar-refractivity contribution in [3.8, 4) is 0 Å². The molecular weight excluding hydrogens is 401 g/mol. The van der Waals surface area contributed by atoms with Crippen LogP contribution in [0.2, 0.25) is 5.02 Å². The highest BCUT2D eigenvalue weighted by molar-refractivity contribution is 6.30. The number of benzene rings is 2. The van der Waals surface area contributed by atoms with E-state index in [9.17, 15) is 13.2 Å². The van der Waals surface area contributed by atoms with E-state index in [-0.39, 0.29) is 11.8 Å². The van der Waals surface area contributed by atoms with Gasteiger partial charge in [-0.2, -0.15) is 18.2 Å². The molecule has 1 unspecified atom stereocenters. The minimum atomic E-state index is -4.59. The van der Waals surface area contributed by atoms with Gasteiger partial charge in [0.15, 0.2) is 0 Å². The zero-order valence-electron chi connectivity index (χ0n) is 15.9. The topological polar surface area (TPSA) is 49.8 Å². The molecule has 2 N–H and O–H groups in total. The van der Waals surface area contributed by atoms with E-state index in [4.69, 9.17) is 11.6 Å². The highest BCUT2D eigenvalue weighted by atomic mass is 35.5. The molecule has 0 saturated carbocycles. The molecule has 0 aliphatic rings. The Hall–Kier alpha value is -2.80. The van der Waals surface area contributed by atoms with Crippen molar-refractivity contribution in [2.24, 2.45) is 0 Å². The van der Waals surface area contributed by atoms with Gasteiger partial charge in [0.2, 0.25) is 5.95 Å². The van der Waals surface area contributed by atoms with E-state index in [0.29, 0.717) is 22.3 Å². The molecule has 0 aliphatic heterocycles. The number of nitrogens with zero attached hydrogens (tertiary/aromatic N) is 2.